The third-order valence-electron chi connectivity index (χ3n) is 5.17. The Labute approximate surface area is 215 Å². The van der Waals surface area contributed by atoms with Gasteiger partial charge in [0.15, 0.2) is 0 Å². The zero-order chi connectivity index (χ0) is 24.3. The Kier molecular flexibility index (Phi) is 8.98. The highest BCUT2D eigenvalue weighted by Crippen LogP contribution is 2.18. The molecule has 1 N–H and O–H groups in total. The Bertz CT molecular complexity index is 1240. The van der Waals surface area contributed by atoms with Crippen LogP contribution >= 0.6 is 23.4 Å². The van der Waals surface area contributed by atoms with Crippen molar-refractivity contribution in [3.05, 3.63) is 136 Å². The molecule has 35 heavy (non-hydrogen) atoms. The van der Waals surface area contributed by atoms with Gasteiger partial charge in [0, 0.05) is 22.1 Å². The summed E-state index contributed by atoms with van der Waals surface area (Å²) in [6, 6.07) is 33.1. The number of benzene rings is 4. The zero-order valence-electron chi connectivity index (χ0n) is 19.1. The summed E-state index contributed by atoms with van der Waals surface area (Å²) in [6.45, 7) is 0.463. The molecular weight excluding hydrogens is 476 g/mol. The van der Waals surface area contributed by atoms with Gasteiger partial charge in [-0.3, -0.25) is 4.79 Å². The predicted octanol–water partition coefficient (Wildman–Crippen LogP) is 7.12. The fourth-order valence-corrected chi connectivity index (χ4v) is 4.33. The van der Waals surface area contributed by atoms with Crippen LogP contribution in [-0.4, -0.2) is 12.1 Å². The van der Waals surface area contributed by atoms with E-state index in [9.17, 15) is 4.79 Å². The highest BCUT2D eigenvalue weighted by molar-refractivity contribution is 7.97. The van der Waals surface area contributed by atoms with E-state index < -0.39 is 0 Å². The van der Waals surface area contributed by atoms with Crippen molar-refractivity contribution in [2.24, 2.45) is 5.10 Å². The Hall–Kier alpha value is -3.54. The molecule has 0 bridgehead atoms. The van der Waals surface area contributed by atoms with E-state index >= 15 is 0 Å². The van der Waals surface area contributed by atoms with Gasteiger partial charge in [0.25, 0.3) is 5.91 Å². The molecule has 6 heteroatoms. The molecule has 1 amide bonds. The number of halogens is 1. The molecule has 176 valence electrons. The van der Waals surface area contributed by atoms with Crippen LogP contribution < -0.4 is 10.2 Å². The van der Waals surface area contributed by atoms with Gasteiger partial charge >= 0.3 is 0 Å². The van der Waals surface area contributed by atoms with E-state index in [0.717, 1.165) is 28.4 Å². The number of carbonyl (C=O) groups is 1. The minimum Gasteiger partial charge on any atom is -0.489 e. The van der Waals surface area contributed by atoms with E-state index in [0.29, 0.717) is 17.2 Å². The minimum atomic E-state index is -0.243. The second-order valence-electron chi connectivity index (χ2n) is 7.86. The molecule has 4 aromatic carbocycles. The lowest BCUT2D eigenvalue weighted by atomic mass is 10.1. The molecule has 0 aromatic heterocycles. The van der Waals surface area contributed by atoms with Gasteiger partial charge in [0.2, 0.25) is 0 Å². The van der Waals surface area contributed by atoms with Crippen molar-refractivity contribution in [3.63, 3.8) is 0 Å². The van der Waals surface area contributed by atoms with Crippen molar-refractivity contribution in [3.8, 4) is 5.75 Å². The highest BCUT2D eigenvalue weighted by Gasteiger charge is 2.04. The Morgan fingerprint density at radius 1 is 0.800 bits per heavy atom. The van der Waals surface area contributed by atoms with Gasteiger partial charge in [-0.25, -0.2) is 5.43 Å². The monoisotopic (exact) mass is 500 g/mol. The summed E-state index contributed by atoms with van der Waals surface area (Å²) >= 11 is 7.75. The number of rotatable bonds is 10. The topological polar surface area (TPSA) is 50.7 Å². The van der Waals surface area contributed by atoms with E-state index in [1.807, 2.05) is 90.6 Å². The van der Waals surface area contributed by atoms with Crippen LogP contribution in [0, 0.1) is 0 Å². The summed E-state index contributed by atoms with van der Waals surface area (Å²) in [4.78, 5) is 12.4. The first-order chi connectivity index (χ1) is 17.2. The van der Waals surface area contributed by atoms with E-state index in [4.69, 9.17) is 16.3 Å². The summed E-state index contributed by atoms with van der Waals surface area (Å²) in [7, 11) is 0. The van der Waals surface area contributed by atoms with E-state index in [2.05, 4.69) is 34.8 Å². The summed E-state index contributed by atoms with van der Waals surface area (Å²) in [5.74, 6) is 2.37. The molecule has 0 heterocycles. The number of carbonyl (C=O) groups excluding carboxylic acids is 1. The largest absolute Gasteiger partial charge is 0.489 e. The lowest BCUT2D eigenvalue weighted by Crippen LogP contribution is -2.17. The highest BCUT2D eigenvalue weighted by atomic mass is 35.5. The quantitative estimate of drug-likeness (QED) is 0.186. The standard InChI is InChI=1S/C29H25ClN2O2S/c30-27-14-8-23(9-15-27)19-34-28-16-10-22(11-17-28)18-31-32-29(33)26-12-6-25(7-13-26)21-35-20-24-4-2-1-3-5-24/h1-18H,19-21H2,(H,32,33)/b31-18+. The molecule has 4 aromatic rings. The van der Waals surface area contributed by atoms with E-state index in [1.54, 1.807) is 6.21 Å². The third-order valence-corrected chi connectivity index (χ3v) is 6.50. The number of ether oxygens (including phenoxy) is 1. The molecule has 0 aliphatic rings. The minimum absolute atomic E-state index is 0.243. The number of hydrazone groups is 1. The molecule has 0 spiro atoms. The average molecular weight is 501 g/mol. The number of nitrogens with zero attached hydrogens (tertiary/aromatic N) is 1. The summed E-state index contributed by atoms with van der Waals surface area (Å²) in [5, 5.41) is 4.78. The van der Waals surface area contributed by atoms with Gasteiger partial charge in [-0.05, 0) is 70.8 Å². The van der Waals surface area contributed by atoms with Crippen molar-refractivity contribution in [1.29, 1.82) is 0 Å². The Balaban J connectivity index is 1.20. The normalized spacial score (nSPS) is 10.9. The van der Waals surface area contributed by atoms with Crippen molar-refractivity contribution in [1.82, 2.24) is 5.43 Å². The maximum Gasteiger partial charge on any atom is 0.271 e. The van der Waals surface area contributed by atoms with Gasteiger partial charge in [0.1, 0.15) is 12.4 Å². The summed E-state index contributed by atoms with van der Waals surface area (Å²) in [5.41, 5.74) is 7.55. The molecule has 0 saturated heterocycles. The van der Waals surface area contributed by atoms with Crippen LogP contribution in [0.4, 0.5) is 0 Å². The molecule has 0 aliphatic carbocycles. The van der Waals surface area contributed by atoms with Crippen LogP contribution in [0.5, 0.6) is 5.75 Å². The fraction of sp³-hybridized carbons (Fsp3) is 0.103. The number of nitrogens with one attached hydrogen (secondary N) is 1. The second-order valence-corrected chi connectivity index (χ2v) is 9.28. The fourth-order valence-electron chi connectivity index (χ4n) is 3.24. The summed E-state index contributed by atoms with van der Waals surface area (Å²) in [6.07, 6.45) is 1.61. The first kappa shape index (κ1) is 24.6. The molecule has 4 rings (SSSR count). The summed E-state index contributed by atoms with van der Waals surface area (Å²) < 4.78 is 5.79. The lowest BCUT2D eigenvalue weighted by molar-refractivity contribution is 0.0955. The van der Waals surface area contributed by atoms with Crippen LogP contribution in [0.3, 0.4) is 0 Å². The SMILES string of the molecule is O=C(N/N=C/c1ccc(OCc2ccc(Cl)cc2)cc1)c1ccc(CSCc2ccccc2)cc1. The van der Waals surface area contributed by atoms with Crippen LogP contribution in [0.15, 0.2) is 108 Å². The maximum atomic E-state index is 12.4. The lowest BCUT2D eigenvalue weighted by Gasteiger charge is -2.06. The van der Waals surface area contributed by atoms with E-state index in [-0.39, 0.29) is 5.91 Å². The second kappa shape index (κ2) is 12.8. The van der Waals surface area contributed by atoms with Crippen molar-refractivity contribution in [2.45, 2.75) is 18.1 Å². The first-order valence-corrected chi connectivity index (χ1v) is 12.7. The zero-order valence-corrected chi connectivity index (χ0v) is 20.6. The number of thioether (sulfide) groups is 1. The molecule has 0 unspecified atom stereocenters. The van der Waals surface area contributed by atoms with Crippen molar-refractivity contribution in [2.75, 3.05) is 0 Å². The number of hydrogen-bond acceptors (Lipinski definition) is 4. The van der Waals surface area contributed by atoms with Crippen LogP contribution in [-0.2, 0) is 18.1 Å². The van der Waals surface area contributed by atoms with Gasteiger partial charge in [0.05, 0.1) is 6.21 Å². The van der Waals surface area contributed by atoms with Gasteiger partial charge in [-0.15, -0.1) is 0 Å². The first-order valence-electron chi connectivity index (χ1n) is 11.2. The van der Waals surface area contributed by atoms with Crippen LogP contribution in [0.1, 0.15) is 32.6 Å². The molecule has 4 nitrogen and oxygen atoms in total. The van der Waals surface area contributed by atoms with Crippen LogP contribution in [0.25, 0.3) is 0 Å². The van der Waals surface area contributed by atoms with Gasteiger partial charge < -0.3 is 4.74 Å². The van der Waals surface area contributed by atoms with Crippen molar-refractivity contribution < 1.29 is 9.53 Å². The molecule has 0 saturated carbocycles. The number of hydrogen-bond donors (Lipinski definition) is 1. The average Bonchev–Trinajstić information content (AvgIpc) is 2.90. The maximum absolute atomic E-state index is 12.4. The van der Waals surface area contributed by atoms with Crippen LogP contribution in [0.2, 0.25) is 5.02 Å². The molecule has 0 aliphatic heterocycles. The van der Waals surface area contributed by atoms with Gasteiger partial charge in [-0.1, -0.05) is 66.2 Å². The predicted molar refractivity (Wildman–Crippen MR) is 145 cm³/mol. The molecule has 0 atom stereocenters. The number of amides is 1. The Morgan fingerprint density at radius 3 is 2.11 bits per heavy atom. The van der Waals surface area contributed by atoms with Gasteiger partial charge in [-0.2, -0.15) is 16.9 Å². The Morgan fingerprint density at radius 2 is 1.43 bits per heavy atom. The molecule has 0 fully saturated rings. The van der Waals surface area contributed by atoms with Crippen molar-refractivity contribution >= 4 is 35.5 Å². The van der Waals surface area contributed by atoms with E-state index in [1.165, 1.54) is 11.1 Å². The molecule has 0 radical (unpaired) electrons. The smallest absolute Gasteiger partial charge is 0.271 e. The molecular formula is C29H25ClN2O2S. The third kappa shape index (κ3) is 8.02.